The number of fused-ring (bicyclic) bond motifs is 3. The van der Waals surface area contributed by atoms with E-state index in [-0.39, 0.29) is 29.6 Å². The molecule has 3 nitrogen and oxygen atoms in total. The number of ether oxygens (including phenoxy) is 1. The Morgan fingerprint density at radius 1 is 1.14 bits per heavy atom. The molecule has 4 heteroatoms. The Labute approximate surface area is 128 Å². The Hall–Kier alpha value is -2.07. The van der Waals surface area contributed by atoms with Crippen LogP contribution in [0, 0.1) is 11.7 Å². The highest BCUT2D eigenvalue weighted by Gasteiger charge is 2.40. The Morgan fingerprint density at radius 2 is 1.95 bits per heavy atom. The Morgan fingerprint density at radius 3 is 2.77 bits per heavy atom. The van der Waals surface area contributed by atoms with Gasteiger partial charge in [-0.05, 0) is 36.6 Å². The third-order valence-corrected chi connectivity index (χ3v) is 4.71. The number of hydrogen-bond acceptors (Lipinski definition) is 3. The molecule has 3 atom stereocenters. The van der Waals surface area contributed by atoms with Crippen LogP contribution in [0.15, 0.2) is 42.5 Å². The quantitative estimate of drug-likeness (QED) is 0.777. The fourth-order valence-corrected chi connectivity index (χ4v) is 3.68. The molecule has 22 heavy (non-hydrogen) atoms. The minimum Gasteiger partial charge on any atom is -0.506 e. The molecule has 2 aliphatic heterocycles. The largest absolute Gasteiger partial charge is 0.506 e. The van der Waals surface area contributed by atoms with Crippen LogP contribution >= 0.6 is 0 Å². The van der Waals surface area contributed by atoms with Crippen molar-refractivity contribution in [2.75, 3.05) is 11.9 Å². The van der Waals surface area contributed by atoms with Gasteiger partial charge in [0, 0.05) is 18.1 Å². The summed E-state index contributed by atoms with van der Waals surface area (Å²) < 4.78 is 19.2. The lowest BCUT2D eigenvalue weighted by Crippen LogP contribution is -2.36. The van der Waals surface area contributed by atoms with E-state index in [4.69, 9.17) is 4.74 Å². The molecule has 1 fully saturated rings. The highest BCUT2D eigenvalue weighted by atomic mass is 19.1. The minimum atomic E-state index is -0.237. The zero-order valence-electron chi connectivity index (χ0n) is 12.1. The number of nitrogens with one attached hydrogen (secondary N) is 1. The molecular weight excluding hydrogens is 281 g/mol. The van der Waals surface area contributed by atoms with Crippen LogP contribution < -0.4 is 5.32 Å². The molecule has 0 radical (unpaired) electrons. The maximum absolute atomic E-state index is 13.2. The number of benzene rings is 2. The summed E-state index contributed by atoms with van der Waals surface area (Å²) in [7, 11) is 0. The summed E-state index contributed by atoms with van der Waals surface area (Å²) in [5.41, 5.74) is 2.78. The van der Waals surface area contributed by atoms with Crippen molar-refractivity contribution in [3.05, 3.63) is 59.4 Å². The zero-order chi connectivity index (χ0) is 15.1. The lowest BCUT2D eigenvalue weighted by Gasteiger charge is -2.43. The second-order valence-corrected chi connectivity index (χ2v) is 6.01. The van der Waals surface area contributed by atoms with Crippen molar-refractivity contribution >= 4 is 5.69 Å². The number of hydrogen-bond donors (Lipinski definition) is 2. The van der Waals surface area contributed by atoms with Crippen molar-refractivity contribution in [1.29, 1.82) is 0 Å². The van der Waals surface area contributed by atoms with E-state index in [1.807, 2.05) is 24.3 Å². The fourth-order valence-electron chi connectivity index (χ4n) is 3.68. The molecule has 0 saturated carbocycles. The van der Waals surface area contributed by atoms with Crippen LogP contribution in [-0.2, 0) is 4.74 Å². The van der Waals surface area contributed by atoms with E-state index in [1.165, 1.54) is 12.1 Å². The summed E-state index contributed by atoms with van der Waals surface area (Å²) >= 11 is 0. The van der Waals surface area contributed by atoms with Gasteiger partial charge < -0.3 is 15.2 Å². The molecular formula is C18H18FNO2. The van der Waals surface area contributed by atoms with E-state index in [1.54, 1.807) is 6.07 Å². The molecule has 0 aromatic heterocycles. The molecule has 2 aromatic carbocycles. The monoisotopic (exact) mass is 299 g/mol. The summed E-state index contributed by atoms with van der Waals surface area (Å²) in [6.07, 6.45) is 2.05. The van der Waals surface area contributed by atoms with Crippen LogP contribution in [0.2, 0.25) is 0 Å². The van der Waals surface area contributed by atoms with E-state index in [0.29, 0.717) is 0 Å². The van der Waals surface area contributed by atoms with Crippen LogP contribution in [0.4, 0.5) is 10.1 Å². The molecule has 0 unspecified atom stereocenters. The van der Waals surface area contributed by atoms with E-state index >= 15 is 0 Å². The van der Waals surface area contributed by atoms with E-state index in [2.05, 4.69) is 5.32 Å². The van der Waals surface area contributed by atoms with Crippen LogP contribution in [0.1, 0.15) is 36.1 Å². The topological polar surface area (TPSA) is 41.5 Å². The highest BCUT2D eigenvalue weighted by molar-refractivity contribution is 5.65. The van der Waals surface area contributed by atoms with Crippen LogP contribution in [0.25, 0.3) is 0 Å². The number of phenols is 1. The molecule has 0 amide bonds. The zero-order valence-corrected chi connectivity index (χ0v) is 12.1. The molecule has 114 valence electrons. The average molecular weight is 299 g/mol. The smallest absolute Gasteiger partial charge is 0.139 e. The first-order chi connectivity index (χ1) is 10.7. The van der Waals surface area contributed by atoms with Gasteiger partial charge in [-0.25, -0.2) is 4.39 Å². The van der Waals surface area contributed by atoms with Gasteiger partial charge in [-0.1, -0.05) is 24.3 Å². The Bertz CT molecular complexity index is 686. The predicted octanol–water partition coefficient (Wildman–Crippen LogP) is 4.17. The van der Waals surface area contributed by atoms with Gasteiger partial charge in [-0.2, -0.15) is 0 Å². The number of halogens is 1. The maximum Gasteiger partial charge on any atom is 0.139 e. The molecule has 2 aliphatic rings. The van der Waals surface area contributed by atoms with E-state index in [0.717, 1.165) is 36.3 Å². The maximum atomic E-state index is 13.2. The molecule has 0 spiro atoms. The van der Waals surface area contributed by atoms with Crippen LogP contribution in [-0.4, -0.2) is 11.7 Å². The van der Waals surface area contributed by atoms with E-state index in [9.17, 15) is 9.50 Å². The number of anilines is 1. The van der Waals surface area contributed by atoms with Crippen molar-refractivity contribution in [3.63, 3.8) is 0 Å². The lowest BCUT2D eigenvalue weighted by atomic mass is 9.77. The van der Waals surface area contributed by atoms with Crippen LogP contribution in [0.3, 0.4) is 0 Å². The van der Waals surface area contributed by atoms with Gasteiger partial charge in [0.2, 0.25) is 0 Å². The van der Waals surface area contributed by atoms with Crippen molar-refractivity contribution in [2.24, 2.45) is 5.92 Å². The number of phenolic OH excluding ortho intramolecular Hbond substituents is 1. The van der Waals surface area contributed by atoms with Gasteiger partial charge in [0.05, 0.1) is 17.8 Å². The Balaban J connectivity index is 1.79. The summed E-state index contributed by atoms with van der Waals surface area (Å²) in [6, 6.07) is 12.1. The Kier molecular flexibility index (Phi) is 3.26. The second-order valence-electron chi connectivity index (χ2n) is 6.01. The van der Waals surface area contributed by atoms with Gasteiger partial charge in [-0.3, -0.25) is 0 Å². The standard InChI is InChI=1S/C18H18FNO2/c19-12-8-6-11(7-9-12)16-13-4-2-10-22-18(13)14-3-1-5-15(21)17(14)20-16/h1,3,5-9,13,16,18,20-21H,2,4,10H2/t13-,16+,18-/m0/s1. The first kappa shape index (κ1) is 13.6. The van der Waals surface area contributed by atoms with Crippen molar-refractivity contribution in [1.82, 2.24) is 0 Å². The molecule has 4 rings (SSSR count). The lowest BCUT2D eigenvalue weighted by molar-refractivity contribution is -0.0382. The van der Waals surface area contributed by atoms with Crippen molar-refractivity contribution in [3.8, 4) is 5.75 Å². The van der Waals surface area contributed by atoms with Gasteiger partial charge in [0.1, 0.15) is 11.6 Å². The summed E-state index contributed by atoms with van der Waals surface area (Å²) in [5.74, 6) is 0.282. The minimum absolute atomic E-state index is 0.0201. The third kappa shape index (κ3) is 2.15. The molecule has 2 N–H and O–H groups in total. The van der Waals surface area contributed by atoms with Gasteiger partial charge >= 0.3 is 0 Å². The van der Waals surface area contributed by atoms with Gasteiger partial charge in [0.25, 0.3) is 0 Å². The average Bonchev–Trinajstić information content (AvgIpc) is 2.55. The molecule has 2 aromatic rings. The fraction of sp³-hybridized carbons (Fsp3) is 0.333. The SMILES string of the molecule is Oc1cccc2c1N[C@H](c1ccc(F)cc1)[C@@H]1CCCO[C@H]21. The number of aromatic hydroxyl groups is 1. The van der Waals surface area contributed by atoms with Crippen molar-refractivity contribution < 1.29 is 14.2 Å². The first-order valence-electron chi connectivity index (χ1n) is 7.69. The molecule has 0 bridgehead atoms. The highest BCUT2D eigenvalue weighted by Crippen LogP contribution is 2.51. The summed E-state index contributed by atoms with van der Waals surface area (Å²) in [5, 5.41) is 13.6. The van der Waals surface area contributed by atoms with Gasteiger partial charge in [-0.15, -0.1) is 0 Å². The second kappa shape index (κ2) is 5.29. The van der Waals surface area contributed by atoms with Crippen LogP contribution in [0.5, 0.6) is 5.75 Å². The van der Waals surface area contributed by atoms with Crippen molar-refractivity contribution in [2.45, 2.75) is 25.0 Å². The van der Waals surface area contributed by atoms with E-state index < -0.39 is 0 Å². The summed E-state index contributed by atoms with van der Waals surface area (Å²) in [4.78, 5) is 0. The first-order valence-corrected chi connectivity index (χ1v) is 7.69. The summed E-state index contributed by atoms with van der Waals surface area (Å²) in [6.45, 7) is 0.742. The van der Waals surface area contributed by atoms with Gasteiger partial charge in [0.15, 0.2) is 0 Å². The predicted molar refractivity (Wildman–Crippen MR) is 82.3 cm³/mol. The normalized spacial score (nSPS) is 26.7. The number of para-hydroxylation sites is 1. The third-order valence-electron chi connectivity index (χ3n) is 4.71. The molecule has 0 aliphatic carbocycles. The molecule has 2 heterocycles. The number of rotatable bonds is 1. The molecule has 1 saturated heterocycles.